The number of ether oxygens (including phenoxy) is 1. The van der Waals surface area contributed by atoms with E-state index < -0.39 is 0 Å². The number of likely N-dealkylation sites (N-methyl/N-ethyl adjacent to an activating group) is 1. The van der Waals surface area contributed by atoms with Crippen molar-refractivity contribution < 1.29 is 4.74 Å². The van der Waals surface area contributed by atoms with Crippen LogP contribution < -0.4 is 5.32 Å². The zero-order chi connectivity index (χ0) is 10.6. The van der Waals surface area contributed by atoms with Crippen LogP contribution >= 0.6 is 0 Å². The van der Waals surface area contributed by atoms with Crippen LogP contribution in [0.5, 0.6) is 0 Å². The average Bonchev–Trinajstić information content (AvgIpc) is 2.15. The van der Waals surface area contributed by atoms with E-state index in [1.165, 1.54) is 0 Å². The zero-order valence-corrected chi connectivity index (χ0v) is 9.25. The molecule has 0 saturated carbocycles. The van der Waals surface area contributed by atoms with Crippen molar-refractivity contribution in [1.29, 1.82) is 5.26 Å². The lowest BCUT2D eigenvalue weighted by molar-refractivity contribution is 0.119. The first kappa shape index (κ1) is 13.4. The standard InChI is InChI=1S/C10H21N3O/c1-13(2)8-10-14-9-7-12-6-4-3-5-11/h12H,3-4,6-10H2,1-2H3. The van der Waals surface area contributed by atoms with Gasteiger partial charge in [-0.15, -0.1) is 0 Å². The topological polar surface area (TPSA) is 48.3 Å². The molecule has 0 amide bonds. The molecule has 0 atom stereocenters. The van der Waals surface area contributed by atoms with Crippen LogP contribution in [0.25, 0.3) is 0 Å². The van der Waals surface area contributed by atoms with Crippen molar-refractivity contribution in [2.75, 3.05) is 46.9 Å². The van der Waals surface area contributed by atoms with Gasteiger partial charge in [-0.2, -0.15) is 5.26 Å². The minimum atomic E-state index is 0.633. The van der Waals surface area contributed by atoms with Gasteiger partial charge in [-0.25, -0.2) is 0 Å². The van der Waals surface area contributed by atoms with Gasteiger partial charge >= 0.3 is 0 Å². The number of nitriles is 1. The number of hydrogen-bond donors (Lipinski definition) is 1. The summed E-state index contributed by atoms with van der Waals surface area (Å²) in [5.74, 6) is 0. The summed E-state index contributed by atoms with van der Waals surface area (Å²) in [6.07, 6.45) is 1.56. The van der Waals surface area contributed by atoms with Gasteiger partial charge in [0.2, 0.25) is 0 Å². The molecule has 0 rings (SSSR count). The van der Waals surface area contributed by atoms with Crippen molar-refractivity contribution in [2.24, 2.45) is 0 Å². The van der Waals surface area contributed by atoms with E-state index in [0.29, 0.717) is 6.42 Å². The van der Waals surface area contributed by atoms with Crippen molar-refractivity contribution in [3.8, 4) is 6.07 Å². The summed E-state index contributed by atoms with van der Waals surface area (Å²) in [5.41, 5.74) is 0. The van der Waals surface area contributed by atoms with Crippen molar-refractivity contribution in [1.82, 2.24) is 10.2 Å². The van der Waals surface area contributed by atoms with Crippen molar-refractivity contribution in [3.63, 3.8) is 0 Å². The monoisotopic (exact) mass is 199 g/mol. The van der Waals surface area contributed by atoms with Gasteiger partial charge in [-0.05, 0) is 27.1 Å². The van der Waals surface area contributed by atoms with E-state index in [1.807, 2.05) is 14.1 Å². The molecule has 0 radical (unpaired) electrons. The summed E-state index contributed by atoms with van der Waals surface area (Å²) in [4.78, 5) is 2.10. The first-order valence-electron chi connectivity index (χ1n) is 5.07. The molecule has 0 aromatic carbocycles. The van der Waals surface area contributed by atoms with Gasteiger partial charge in [0, 0.05) is 19.5 Å². The second-order valence-electron chi connectivity index (χ2n) is 3.43. The van der Waals surface area contributed by atoms with Gasteiger partial charge in [0.15, 0.2) is 0 Å². The Hall–Kier alpha value is -0.630. The Kier molecular flexibility index (Phi) is 9.98. The van der Waals surface area contributed by atoms with E-state index in [-0.39, 0.29) is 0 Å². The first-order valence-corrected chi connectivity index (χ1v) is 5.07. The normalized spacial score (nSPS) is 10.4. The molecule has 0 aliphatic heterocycles. The van der Waals surface area contributed by atoms with E-state index in [0.717, 1.165) is 39.3 Å². The second-order valence-corrected chi connectivity index (χ2v) is 3.43. The fraction of sp³-hybridized carbons (Fsp3) is 0.900. The fourth-order valence-corrected chi connectivity index (χ4v) is 0.911. The van der Waals surface area contributed by atoms with E-state index >= 15 is 0 Å². The van der Waals surface area contributed by atoms with Gasteiger partial charge in [-0.3, -0.25) is 0 Å². The molecule has 0 heterocycles. The fourth-order valence-electron chi connectivity index (χ4n) is 0.911. The number of nitrogens with one attached hydrogen (secondary N) is 1. The minimum absolute atomic E-state index is 0.633. The third kappa shape index (κ3) is 11.4. The smallest absolute Gasteiger partial charge is 0.0622 e. The molecule has 1 N–H and O–H groups in total. The van der Waals surface area contributed by atoms with Crippen LogP contribution in [-0.2, 0) is 4.74 Å². The van der Waals surface area contributed by atoms with Crippen LogP contribution in [0.2, 0.25) is 0 Å². The average molecular weight is 199 g/mol. The Morgan fingerprint density at radius 2 is 2.07 bits per heavy atom. The molecule has 0 saturated heterocycles. The Morgan fingerprint density at radius 3 is 2.71 bits per heavy atom. The first-order chi connectivity index (χ1) is 6.77. The summed E-state index contributed by atoms with van der Waals surface area (Å²) < 4.78 is 5.38. The molecule has 0 unspecified atom stereocenters. The van der Waals surface area contributed by atoms with Gasteiger partial charge in [0.1, 0.15) is 0 Å². The van der Waals surface area contributed by atoms with Crippen LogP contribution in [0.3, 0.4) is 0 Å². The number of unbranched alkanes of at least 4 members (excludes halogenated alkanes) is 1. The molecule has 4 heteroatoms. The molecular formula is C10H21N3O. The highest BCUT2D eigenvalue weighted by Gasteiger charge is 1.91. The number of hydrogen-bond acceptors (Lipinski definition) is 4. The molecule has 0 aliphatic rings. The lowest BCUT2D eigenvalue weighted by Gasteiger charge is -2.09. The maximum atomic E-state index is 8.28. The molecule has 0 bridgehead atoms. The number of nitrogens with zero attached hydrogens (tertiary/aromatic N) is 2. The summed E-state index contributed by atoms with van der Waals surface area (Å²) in [7, 11) is 4.06. The van der Waals surface area contributed by atoms with E-state index in [4.69, 9.17) is 10.00 Å². The van der Waals surface area contributed by atoms with Crippen molar-refractivity contribution >= 4 is 0 Å². The van der Waals surface area contributed by atoms with Gasteiger partial charge in [0.25, 0.3) is 0 Å². The third-order valence-electron chi connectivity index (χ3n) is 1.75. The summed E-state index contributed by atoms with van der Waals surface area (Å²) >= 11 is 0. The zero-order valence-electron chi connectivity index (χ0n) is 9.25. The molecule has 0 aliphatic carbocycles. The van der Waals surface area contributed by atoms with Gasteiger partial charge in [-0.1, -0.05) is 0 Å². The van der Waals surface area contributed by atoms with Crippen molar-refractivity contribution in [2.45, 2.75) is 12.8 Å². The number of rotatable bonds is 9. The highest BCUT2D eigenvalue weighted by Crippen LogP contribution is 1.82. The third-order valence-corrected chi connectivity index (χ3v) is 1.75. The largest absolute Gasteiger partial charge is 0.379 e. The van der Waals surface area contributed by atoms with Gasteiger partial charge in [0.05, 0.1) is 19.3 Å². The van der Waals surface area contributed by atoms with Crippen LogP contribution in [0.1, 0.15) is 12.8 Å². The maximum Gasteiger partial charge on any atom is 0.0622 e. The van der Waals surface area contributed by atoms with E-state index in [1.54, 1.807) is 0 Å². The summed E-state index contributed by atoms with van der Waals surface area (Å²) in [6, 6.07) is 2.11. The van der Waals surface area contributed by atoms with Crippen LogP contribution in [0.15, 0.2) is 0 Å². The Morgan fingerprint density at radius 1 is 1.29 bits per heavy atom. The molecule has 82 valence electrons. The maximum absolute atomic E-state index is 8.28. The van der Waals surface area contributed by atoms with E-state index in [9.17, 15) is 0 Å². The predicted octanol–water partition coefficient (Wildman–Crippen LogP) is 0.458. The molecule has 0 spiro atoms. The molecular weight excluding hydrogens is 178 g/mol. The lowest BCUT2D eigenvalue weighted by Crippen LogP contribution is -2.23. The minimum Gasteiger partial charge on any atom is -0.379 e. The van der Waals surface area contributed by atoms with E-state index in [2.05, 4.69) is 16.3 Å². The lowest BCUT2D eigenvalue weighted by atomic mass is 10.3. The van der Waals surface area contributed by atoms with Crippen LogP contribution in [-0.4, -0.2) is 51.8 Å². The second kappa shape index (κ2) is 10.5. The molecule has 4 nitrogen and oxygen atoms in total. The summed E-state index contributed by atoms with van der Waals surface area (Å²) in [6.45, 7) is 4.28. The Labute approximate surface area is 86.8 Å². The Bertz CT molecular complexity index is 154. The van der Waals surface area contributed by atoms with Crippen LogP contribution in [0.4, 0.5) is 0 Å². The molecule has 0 aromatic rings. The molecule has 14 heavy (non-hydrogen) atoms. The predicted molar refractivity (Wildman–Crippen MR) is 57.1 cm³/mol. The SMILES string of the molecule is CN(C)CCOCCNCCCC#N. The van der Waals surface area contributed by atoms with Gasteiger partial charge < -0.3 is 15.0 Å². The van der Waals surface area contributed by atoms with Crippen molar-refractivity contribution in [3.05, 3.63) is 0 Å². The quantitative estimate of drug-likeness (QED) is 0.548. The summed E-state index contributed by atoms with van der Waals surface area (Å²) in [5, 5.41) is 11.5. The van der Waals surface area contributed by atoms with Crippen LogP contribution in [0, 0.1) is 11.3 Å². The molecule has 0 aromatic heterocycles. The molecule has 0 fully saturated rings. The highest BCUT2D eigenvalue weighted by atomic mass is 16.5. The highest BCUT2D eigenvalue weighted by molar-refractivity contribution is 4.68. The Balaban J connectivity index is 2.89.